The summed E-state index contributed by atoms with van der Waals surface area (Å²) >= 11 is 0. The van der Waals surface area contributed by atoms with Crippen LogP contribution in [0.3, 0.4) is 0 Å². The van der Waals surface area contributed by atoms with E-state index in [1.807, 2.05) is 0 Å². The summed E-state index contributed by atoms with van der Waals surface area (Å²) in [5, 5.41) is 0. The van der Waals surface area contributed by atoms with Gasteiger partial charge in [0.15, 0.2) is 0 Å². The van der Waals surface area contributed by atoms with Gasteiger partial charge in [-0.1, -0.05) is 24.3 Å². The Labute approximate surface area is 115 Å². The molecule has 0 spiro atoms. The average molecular weight is 272 g/mol. The van der Waals surface area contributed by atoms with E-state index in [1.165, 1.54) is 25.1 Å². The second-order valence-corrected chi connectivity index (χ2v) is 4.19. The molecule has 0 bridgehead atoms. The standard InChI is InChI=1S/C15H13FN2O2/c1-10-12(8-5-9-13(10)16)15(20)18-17-14(19)11-6-3-2-4-7-11/h2-9H,1H3,(H,17,19)(H,18,20). The zero-order valence-electron chi connectivity index (χ0n) is 10.8. The van der Waals surface area contributed by atoms with E-state index in [9.17, 15) is 14.0 Å². The molecular weight excluding hydrogens is 259 g/mol. The summed E-state index contributed by atoms with van der Waals surface area (Å²) in [6.07, 6.45) is 0. The molecule has 0 saturated heterocycles. The number of benzene rings is 2. The molecule has 2 rings (SSSR count). The maximum Gasteiger partial charge on any atom is 0.270 e. The molecule has 0 saturated carbocycles. The van der Waals surface area contributed by atoms with E-state index in [2.05, 4.69) is 10.9 Å². The van der Waals surface area contributed by atoms with E-state index in [4.69, 9.17) is 0 Å². The monoisotopic (exact) mass is 272 g/mol. The van der Waals surface area contributed by atoms with Crippen LogP contribution in [0.4, 0.5) is 4.39 Å². The van der Waals surface area contributed by atoms with Gasteiger partial charge in [0.1, 0.15) is 5.82 Å². The molecule has 0 aliphatic heterocycles. The Bertz CT molecular complexity index is 642. The number of nitrogens with one attached hydrogen (secondary N) is 2. The molecule has 0 radical (unpaired) electrons. The van der Waals surface area contributed by atoms with Crippen molar-refractivity contribution in [3.05, 3.63) is 71.0 Å². The van der Waals surface area contributed by atoms with Gasteiger partial charge in [0.25, 0.3) is 11.8 Å². The van der Waals surface area contributed by atoms with Crippen molar-refractivity contribution < 1.29 is 14.0 Å². The van der Waals surface area contributed by atoms with E-state index in [0.29, 0.717) is 5.56 Å². The first-order valence-corrected chi connectivity index (χ1v) is 6.00. The van der Waals surface area contributed by atoms with Crippen molar-refractivity contribution in [1.29, 1.82) is 0 Å². The van der Waals surface area contributed by atoms with Gasteiger partial charge in [-0.3, -0.25) is 20.4 Å². The summed E-state index contributed by atoms with van der Waals surface area (Å²) in [6, 6.07) is 12.7. The lowest BCUT2D eigenvalue weighted by Crippen LogP contribution is -2.41. The highest BCUT2D eigenvalue weighted by molar-refractivity contribution is 5.99. The molecule has 2 amide bonds. The molecular formula is C15H13FN2O2. The van der Waals surface area contributed by atoms with Crippen molar-refractivity contribution in [3.8, 4) is 0 Å². The first kappa shape index (κ1) is 13.7. The van der Waals surface area contributed by atoms with Gasteiger partial charge in [-0.05, 0) is 36.8 Å². The third-order valence-electron chi connectivity index (χ3n) is 2.84. The van der Waals surface area contributed by atoms with Gasteiger partial charge in [-0.2, -0.15) is 0 Å². The topological polar surface area (TPSA) is 58.2 Å². The second kappa shape index (κ2) is 5.97. The molecule has 0 fully saturated rings. The predicted octanol–water partition coefficient (Wildman–Crippen LogP) is 2.21. The number of halogens is 1. The summed E-state index contributed by atoms with van der Waals surface area (Å²) in [5.41, 5.74) is 5.38. The molecule has 102 valence electrons. The first-order chi connectivity index (χ1) is 9.59. The van der Waals surface area contributed by atoms with Crippen LogP contribution in [0.1, 0.15) is 26.3 Å². The first-order valence-electron chi connectivity index (χ1n) is 6.00. The quantitative estimate of drug-likeness (QED) is 0.823. The molecule has 5 heteroatoms. The lowest BCUT2D eigenvalue weighted by molar-refractivity contribution is 0.0846. The average Bonchev–Trinajstić information content (AvgIpc) is 2.48. The van der Waals surface area contributed by atoms with Crippen LogP contribution in [0.15, 0.2) is 48.5 Å². The molecule has 2 aromatic carbocycles. The van der Waals surface area contributed by atoms with Gasteiger partial charge in [-0.15, -0.1) is 0 Å². The summed E-state index contributed by atoms with van der Waals surface area (Å²) in [5.74, 6) is -1.47. The van der Waals surface area contributed by atoms with E-state index >= 15 is 0 Å². The lowest BCUT2D eigenvalue weighted by atomic mass is 10.1. The van der Waals surface area contributed by atoms with Crippen molar-refractivity contribution in [3.63, 3.8) is 0 Å². The zero-order chi connectivity index (χ0) is 14.5. The van der Waals surface area contributed by atoms with Crippen LogP contribution in [-0.4, -0.2) is 11.8 Å². The van der Waals surface area contributed by atoms with Gasteiger partial charge >= 0.3 is 0 Å². The predicted molar refractivity (Wildman–Crippen MR) is 72.5 cm³/mol. The summed E-state index contributed by atoms with van der Waals surface area (Å²) in [4.78, 5) is 23.6. The smallest absolute Gasteiger partial charge is 0.267 e. The Balaban J connectivity index is 2.03. The Morgan fingerprint density at radius 1 is 0.900 bits per heavy atom. The summed E-state index contributed by atoms with van der Waals surface area (Å²) in [7, 11) is 0. The second-order valence-electron chi connectivity index (χ2n) is 4.19. The van der Waals surface area contributed by atoms with E-state index in [0.717, 1.165) is 0 Å². The van der Waals surface area contributed by atoms with E-state index < -0.39 is 17.6 Å². The SMILES string of the molecule is Cc1c(F)cccc1C(=O)NNC(=O)c1ccccc1. The molecule has 4 nitrogen and oxygen atoms in total. The fourth-order valence-corrected chi connectivity index (χ4v) is 1.70. The summed E-state index contributed by atoms with van der Waals surface area (Å²) in [6.45, 7) is 1.50. The lowest BCUT2D eigenvalue weighted by Gasteiger charge is -2.09. The van der Waals surface area contributed by atoms with Crippen LogP contribution in [0.5, 0.6) is 0 Å². The minimum Gasteiger partial charge on any atom is -0.267 e. The zero-order valence-corrected chi connectivity index (χ0v) is 10.8. The van der Waals surface area contributed by atoms with Crippen molar-refractivity contribution >= 4 is 11.8 Å². The highest BCUT2D eigenvalue weighted by Crippen LogP contribution is 2.11. The Morgan fingerprint density at radius 2 is 1.55 bits per heavy atom. The van der Waals surface area contributed by atoms with Crippen molar-refractivity contribution in [2.75, 3.05) is 0 Å². The molecule has 0 heterocycles. The highest BCUT2D eigenvalue weighted by atomic mass is 19.1. The number of hydrogen-bond donors (Lipinski definition) is 2. The number of hydrazine groups is 1. The highest BCUT2D eigenvalue weighted by Gasteiger charge is 2.12. The molecule has 0 aliphatic carbocycles. The maximum absolute atomic E-state index is 13.3. The fraction of sp³-hybridized carbons (Fsp3) is 0.0667. The molecule has 20 heavy (non-hydrogen) atoms. The fourth-order valence-electron chi connectivity index (χ4n) is 1.70. The van der Waals surface area contributed by atoms with Crippen molar-refractivity contribution in [2.24, 2.45) is 0 Å². The van der Waals surface area contributed by atoms with Crippen LogP contribution in [0.25, 0.3) is 0 Å². The Morgan fingerprint density at radius 3 is 2.25 bits per heavy atom. The van der Waals surface area contributed by atoms with Crippen LogP contribution < -0.4 is 10.9 Å². The van der Waals surface area contributed by atoms with E-state index in [1.54, 1.807) is 30.3 Å². The number of rotatable bonds is 2. The minimum atomic E-state index is -0.564. The molecule has 0 aliphatic rings. The summed E-state index contributed by atoms with van der Waals surface area (Å²) < 4.78 is 13.3. The van der Waals surface area contributed by atoms with E-state index in [-0.39, 0.29) is 11.1 Å². The molecule has 2 aromatic rings. The van der Waals surface area contributed by atoms with Gasteiger partial charge in [0, 0.05) is 11.1 Å². The van der Waals surface area contributed by atoms with Gasteiger partial charge < -0.3 is 0 Å². The Hall–Kier alpha value is -2.69. The van der Waals surface area contributed by atoms with Crippen LogP contribution in [0, 0.1) is 12.7 Å². The van der Waals surface area contributed by atoms with Gasteiger partial charge in [0.2, 0.25) is 0 Å². The number of carbonyl (C=O) groups is 2. The number of carbonyl (C=O) groups excluding carboxylic acids is 2. The molecule has 0 atom stereocenters. The maximum atomic E-state index is 13.3. The third-order valence-corrected chi connectivity index (χ3v) is 2.84. The number of amides is 2. The third kappa shape index (κ3) is 3.00. The van der Waals surface area contributed by atoms with Crippen LogP contribution >= 0.6 is 0 Å². The molecule has 0 aromatic heterocycles. The van der Waals surface area contributed by atoms with Crippen LogP contribution in [0.2, 0.25) is 0 Å². The minimum absolute atomic E-state index is 0.179. The largest absolute Gasteiger partial charge is 0.270 e. The Kier molecular flexibility index (Phi) is 4.10. The molecule has 0 unspecified atom stereocenters. The van der Waals surface area contributed by atoms with Crippen molar-refractivity contribution in [2.45, 2.75) is 6.92 Å². The van der Waals surface area contributed by atoms with Crippen LogP contribution in [-0.2, 0) is 0 Å². The van der Waals surface area contributed by atoms with Gasteiger partial charge in [-0.25, -0.2) is 4.39 Å². The van der Waals surface area contributed by atoms with Gasteiger partial charge in [0.05, 0.1) is 0 Å². The molecule has 2 N–H and O–H groups in total. The van der Waals surface area contributed by atoms with Crippen molar-refractivity contribution in [1.82, 2.24) is 10.9 Å². The normalized spacial score (nSPS) is 9.90. The number of hydrogen-bond acceptors (Lipinski definition) is 2.